The van der Waals surface area contributed by atoms with Crippen molar-refractivity contribution in [1.82, 2.24) is 4.98 Å². The van der Waals surface area contributed by atoms with E-state index in [4.69, 9.17) is 18.0 Å². The second kappa shape index (κ2) is 4.16. The van der Waals surface area contributed by atoms with Crippen molar-refractivity contribution in [3.05, 3.63) is 53.3 Å². The SMILES string of the molecule is C#Cc1cc(Cl)ccn1.c1cc2cc-2c1. The number of nitrogens with zero attached hydrogens (tertiary/aromatic N) is 1. The summed E-state index contributed by atoms with van der Waals surface area (Å²) in [5.74, 6) is 2.37. The van der Waals surface area contributed by atoms with E-state index in [0.29, 0.717) is 10.7 Å². The summed E-state index contributed by atoms with van der Waals surface area (Å²) < 4.78 is 0. The molecular weight excluding hydrogens is 206 g/mol. The molecule has 2 aliphatic carbocycles. The standard InChI is InChI=1S/C7H4ClN.C6H4/c1-2-7-5-6(8)3-4-9-7;1-2-5-4-6(5)3-1/h1,3-5H;1-4H. The van der Waals surface area contributed by atoms with Crippen LogP contribution in [-0.4, -0.2) is 4.98 Å². The number of terminal acetylenes is 1. The van der Waals surface area contributed by atoms with Crippen molar-refractivity contribution in [2.75, 3.05) is 0 Å². The number of pyridine rings is 1. The first-order valence-electron chi connectivity index (χ1n) is 4.48. The Balaban J connectivity index is 0.000000121. The molecule has 2 aliphatic rings. The fraction of sp³-hybridized carbons (Fsp3) is 0. The van der Waals surface area contributed by atoms with Crippen LogP contribution in [0.1, 0.15) is 5.69 Å². The predicted octanol–water partition coefficient (Wildman–Crippen LogP) is 3.38. The van der Waals surface area contributed by atoms with Crippen LogP contribution in [0.25, 0.3) is 11.1 Å². The van der Waals surface area contributed by atoms with Crippen LogP contribution in [0, 0.1) is 12.3 Å². The van der Waals surface area contributed by atoms with Gasteiger partial charge in [-0.2, -0.15) is 0 Å². The van der Waals surface area contributed by atoms with E-state index in [0.717, 1.165) is 0 Å². The number of fused-ring (bicyclic) bond motifs is 1. The van der Waals surface area contributed by atoms with Crippen LogP contribution in [0.4, 0.5) is 0 Å². The first kappa shape index (κ1) is 9.76. The molecule has 0 atom stereocenters. The summed E-state index contributed by atoms with van der Waals surface area (Å²) in [7, 11) is 0. The maximum absolute atomic E-state index is 5.59. The highest BCUT2D eigenvalue weighted by molar-refractivity contribution is 6.30. The van der Waals surface area contributed by atoms with Gasteiger partial charge >= 0.3 is 0 Å². The van der Waals surface area contributed by atoms with E-state index in [-0.39, 0.29) is 0 Å². The second-order valence-corrected chi connectivity index (χ2v) is 3.52. The second-order valence-electron chi connectivity index (χ2n) is 3.08. The van der Waals surface area contributed by atoms with Gasteiger partial charge in [-0.3, -0.25) is 0 Å². The Hall–Kier alpha value is -1.78. The van der Waals surface area contributed by atoms with Crippen LogP contribution in [0.5, 0.6) is 0 Å². The van der Waals surface area contributed by atoms with E-state index in [2.05, 4.69) is 35.2 Å². The van der Waals surface area contributed by atoms with E-state index >= 15 is 0 Å². The molecule has 1 aromatic rings. The van der Waals surface area contributed by atoms with Gasteiger partial charge in [-0.05, 0) is 29.3 Å². The molecule has 0 N–H and O–H groups in total. The molecule has 1 nitrogen and oxygen atoms in total. The van der Waals surface area contributed by atoms with E-state index in [9.17, 15) is 0 Å². The first-order valence-corrected chi connectivity index (χ1v) is 4.86. The van der Waals surface area contributed by atoms with Crippen molar-refractivity contribution in [2.24, 2.45) is 0 Å². The Morgan fingerprint density at radius 2 is 1.87 bits per heavy atom. The molecule has 0 amide bonds. The summed E-state index contributed by atoms with van der Waals surface area (Å²) in [6.45, 7) is 0. The van der Waals surface area contributed by atoms with E-state index < -0.39 is 0 Å². The number of hydrogen-bond donors (Lipinski definition) is 0. The number of halogens is 1. The summed E-state index contributed by atoms with van der Waals surface area (Å²) in [6.07, 6.45) is 6.63. The average molecular weight is 214 g/mol. The lowest BCUT2D eigenvalue weighted by molar-refractivity contribution is 1.29. The van der Waals surface area contributed by atoms with Crippen LogP contribution in [0.3, 0.4) is 0 Å². The number of hydrogen-bond acceptors (Lipinski definition) is 1. The topological polar surface area (TPSA) is 12.9 Å². The largest absolute Gasteiger partial charge is 0.248 e. The quantitative estimate of drug-likeness (QED) is 0.522. The zero-order valence-corrected chi connectivity index (χ0v) is 8.70. The summed E-state index contributed by atoms with van der Waals surface area (Å²) >= 11 is 5.59. The van der Waals surface area contributed by atoms with Crippen molar-refractivity contribution in [3.63, 3.8) is 0 Å². The molecule has 0 saturated heterocycles. The third-order valence-electron chi connectivity index (χ3n) is 1.98. The highest BCUT2D eigenvalue weighted by Crippen LogP contribution is 2.32. The molecule has 0 unspecified atom stereocenters. The Kier molecular flexibility index (Phi) is 2.71. The van der Waals surface area contributed by atoms with Gasteiger partial charge in [0.2, 0.25) is 0 Å². The van der Waals surface area contributed by atoms with Gasteiger partial charge < -0.3 is 0 Å². The summed E-state index contributed by atoms with van der Waals surface area (Å²) in [4.78, 5) is 3.84. The average Bonchev–Trinajstić information content (AvgIpc) is 2.87. The third-order valence-corrected chi connectivity index (χ3v) is 2.22. The Morgan fingerprint density at radius 1 is 1.13 bits per heavy atom. The minimum Gasteiger partial charge on any atom is -0.248 e. The summed E-state index contributed by atoms with van der Waals surface area (Å²) in [5.41, 5.74) is 3.42. The summed E-state index contributed by atoms with van der Waals surface area (Å²) in [6, 6.07) is 11.8. The van der Waals surface area contributed by atoms with Gasteiger partial charge in [-0.1, -0.05) is 35.7 Å². The Morgan fingerprint density at radius 3 is 2.20 bits per heavy atom. The molecular formula is C13H8ClN. The van der Waals surface area contributed by atoms with Gasteiger partial charge in [0.15, 0.2) is 0 Å². The molecule has 0 fully saturated rings. The van der Waals surface area contributed by atoms with Crippen molar-refractivity contribution < 1.29 is 0 Å². The first-order chi connectivity index (χ1) is 7.29. The van der Waals surface area contributed by atoms with Crippen molar-refractivity contribution in [1.29, 1.82) is 0 Å². The lowest BCUT2D eigenvalue weighted by Gasteiger charge is -1.87. The predicted molar refractivity (Wildman–Crippen MR) is 62.6 cm³/mol. The van der Waals surface area contributed by atoms with Crippen molar-refractivity contribution in [3.8, 4) is 23.5 Å². The van der Waals surface area contributed by atoms with Gasteiger partial charge in [0.25, 0.3) is 0 Å². The van der Waals surface area contributed by atoms with E-state index in [1.54, 1.807) is 18.3 Å². The molecule has 2 heteroatoms. The fourth-order valence-corrected chi connectivity index (χ4v) is 1.32. The Labute approximate surface area is 93.7 Å². The molecule has 72 valence electrons. The van der Waals surface area contributed by atoms with Gasteiger partial charge in [0, 0.05) is 11.2 Å². The Bertz CT molecular complexity index is 509. The van der Waals surface area contributed by atoms with Crippen LogP contribution >= 0.6 is 11.6 Å². The molecule has 0 spiro atoms. The minimum absolute atomic E-state index is 0.572. The third kappa shape index (κ3) is 2.59. The molecule has 0 saturated carbocycles. The highest BCUT2D eigenvalue weighted by atomic mass is 35.5. The molecule has 3 rings (SSSR count). The molecule has 0 aromatic carbocycles. The minimum atomic E-state index is 0.572. The van der Waals surface area contributed by atoms with Gasteiger partial charge in [0.1, 0.15) is 5.69 Å². The molecule has 0 radical (unpaired) electrons. The van der Waals surface area contributed by atoms with Crippen molar-refractivity contribution in [2.45, 2.75) is 0 Å². The summed E-state index contributed by atoms with van der Waals surface area (Å²) in [5, 5.41) is 0.623. The van der Waals surface area contributed by atoms with Crippen LogP contribution < -0.4 is 0 Å². The van der Waals surface area contributed by atoms with E-state index in [1.165, 1.54) is 11.1 Å². The van der Waals surface area contributed by atoms with E-state index in [1.807, 2.05) is 0 Å². The molecule has 15 heavy (non-hydrogen) atoms. The normalized spacial score (nSPS) is 9.60. The molecule has 0 bridgehead atoms. The van der Waals surface area contributed by atoms with Gasteiger partial charge in [-0.25, -0.2) is 4.98 Å². The maximum atomic E-state index is 5.59. The zero-order valence-electron chi connectivity index (χ0n) is 7.94. The molecule has 1 heterocycles. The smallest absolute Gasteiger partial charge is 0.114 e. The monoisotopic (exact) mass is 213 g/mol. The number of rotatable bonds is 0. The molecule has 1 aromatic heterocycles. The van der Waals surface area contributed by atoms with Crippen LogP contribution in [-0.2, 0) is 0 Å². The fourth-order valence-electron chi connectivity index (χ4n) is 1.16. The van der Waals surface area contributed by atoms with Crippen molar-refractivity contribution >= 4 is 11.6 Å². The number of benzene rings is 1. The van der Waals surface area contributed by atoms with Gasteiger partial charge in [0.05, 0.1) is 0 Å². The van der Waals surface area contributed by atoms with Crippen LogP contribution in [0.2, 0.25) is 5.02 Å². The maximum Gasteiger partial charge on any atom is 0.114 e. The lowest BCUT2D eigenvalue weighted by atomic mass is 10.4. The number of aromatic nitrogens is 1. The zero-order chi connectivity index (χ0) is 10.7. The van der Waals surface area contributed by atoms with Crippen LogP contribution in [0.15, 0.2) is 42.6 Å². The molecule has 0 aliphatic heterocycles. The van der Waals surface area contributed by atoms with Gasteiger partial charge in [-0.15, -0.1) is 6.42 Å². The lowest BCUT2D eigenvalue weighted by Crippen LogP contribution is -1.77. The highest BCUT2D eigenvalue weighted by Gasteiger charge is 2.06.